The lowest BCUT2D eigenvalue weighted by Crippen LogP contribution is -2.37. The van der Waals surface area contributed by atoms with Crippen LogP contribution in [0.4, 0.5) is 0 Å². The Morgan fingerprint density at radius 2 is 2.25 bits per heavy atom. The van der Waals surface area contributed by atoms with E-state index in [0.717, 1.165) is 24.8 Å². The highest BCUT2D eigenvalue weighted by atomic mass is 16.2. The SMILES string of the molecule is C=CCN1CCc2ccc(C=O)cc2C1=O. The molecule has 3 nitrogen and oxygen atoms in total. The third kappa shape index (κ3) is 1.76. The zero-order valence-electron chi connectivity index (χ0n) is 8.98. The minimum absolute atomic E-state index is 0.00940. The van der Waals surface area contributed by atoms with Crippen LogP contribution >= 0.6 is 0 Å². The van der Waals surface area contributed by atoms with E-state index in [0.29, 0.717) is 17.7 Å². The predicted molar refractivity (Wildman–Crippen MR) is 61.6 cm³/mol. The number of hydrogen-bond acceptors (Lipinski definition) is 2. The molecule has 0 saturated heterocycles. The van der Waals surface area contributed by atoms with Crippen molar-refractivity contribution in [3.63, 3.8) is 0 Å². The molecule has 82 valence electrons. The van der Waals surface area contributed by atoms with E-state index in [-0.39, 0.29) is 5.91 Å². The van der Waals surface area contributed by atoms with Crippen LogP contribution in [0.2, 0.25) is 0 Å². The highest BCUT2D eigenvalue weighted by Gasteiger charge is 2.23. The third-order valence-corrected chi connectivity index (χ3v) is 2.79. The van der Waals surface area contributed by atoms with Gasteiger partial charge in [0.05, 0.1) is 0 Å². The molecule has 0 spiro atoms. The van der Waals surface area contributed by atoms with Crippen molar-refractivity contribution < 1.29 is 9.59 Å². The first-order chi connectivity index (χ1) is 7.76. The van der Waals surface area contributed by atoms with Crippen LogP contribution in [-0.4, -0.2) is 30.2 Å². The maximum Gasteiger partial charge on any atom is 0.254 e. The zero-order valence-corrected chi connectivity index (χ0v) is 8.98. The second-order valence-electron chi connectivity index (χ2n) is 3.82. The summed E-state index contributed by atoms with van der Waals surface area (Å²) in [6, 6.07) is 5.28. The molecule has 1 aromatic rings. The Bertz CT molecular complexity index is 451. The Morgan fingerprint density at radius 3 is 2.94 bits per heavy atom. The number of carbonyl (C=O) groups is 2. The molecule has 0 aliphatic carbocycles. The summed E-state index contributed by atoms with van der Waals surface area (Å²) >= 11 is 0. The van der Waals surface area contributed by atoms with E-state index in [9.17, 15) is 9.59 Å². The molecule has 0 bridgehead atoms. The zero-order chi connectivity index (χ0) is 11.5. The summed E-state index contributed by atoms with van der Waals surface area (Å²) in [7, 11) is 0. The molecule has 1 aliphatic heterocycles. The molecule has 2 rings (SSSR count). The summed E-state index contributed by atoms with van der Waals surface area (Å²) in [4.78, 5) is 24.4. The average molecular weight is 215 g/mol. The van der Waals surface area contributed by atoms with Gasteiger partial charge in [-0.3, -0.25) is 9.59 Å². The van der Waals surface area contributed by atoms with Crippen LogP contribution in [0.3, 0.4) is 0 Å². The largest absolute Gasteiger partial charge is 0.335 e. The van der Waals surface area contributed by atoms with E-state index in [4.69, 9.17) is 0 Å². The van der Waals surface area contributed by atoms with Gasteiger partial charge in [0.15, 0.2) is 0 Å². The van der Waals surface area contributed by atoms with E-state index >= 15 is 0 Å². The van der Waals surface area contributed by atoms with E-state index in [1.165, 1.54) is 0 Å². The molecular weight excluding hydrogens is 202 g/mol. The molecular formula is C13H13NO2. The Balaban J connectivity index is 2.38. The maximum absolute atomic E-state index is 12.0. The van der Waals surface area contributed by atoms with Crippen LogP contribution in [0.25, 0.3) is 0 Å². The molecule has 0 saturated carbocycles. The normalized spacial score (nSPS) is 14.5. The highest BCUT2D eigenvalue weighted by Crippen LogP contribution is 2.19. The van der Waals surface area contributed by atoms with E-state index < -0.39 is 0 Å². The van der Waals surface area contributed by atoms with Gasteiger partial charge in [0, 0.05) is 24.2 Å². The van der Waals surface area contributed by atoms with Gasteiger partial charge in [0.1, 0.15) is 6.29 Å². The second-order valence-corrected chi connectivity index (χ2v) is 3.82. The first-order valence-corrected chi connectivity index (χ1v) is 5.24. The molecule has 0 atom stereocenters. The van der Waals surface area contributed by atoms with Crippen LogP contribution < -0.4 is 0 Å². The smallest absolute Gasteiger partial charge is 0.254 e. The van der Waals surface area contributed by atoms with Gasteiger partial charge in [-0.1, -0.05) is 18.2 Å². The number of benzene rings is 1. The molecule has 16 heavy (non-hydrogen) atoms. The van der Waals surface area contributed by atoms with Gasteiger partial charge in [-0.25, -0.2) is 0 Å². The summed E-state index contributed by atoms with van der Waals surface area (Å²) in [6.45, 7) is 4.91. The third-order valence-electron chi connectivity index (χ3n) is 2.79. The van der Waals surface area contributed by atoms with E-state index in [1.807, 2.05) is 6.07 Å². The molecule has 3 heteroatoms. The molecule has 1 amide bonds. The molecule has 0 fully saturated rings. The van der Waals surface area contributed by atoms with Crippen molar-refractivity contribution in [3.8, 4) is 0 Å². The first kappa shape index (κ1) is 10.6. The number of rotatable bonds is 3. The minimum Gasteiger partial charge on any atom is -0.335 e. The lowest BCUT2D eigenvalue weighted by Gasteiger charge is -2.27. The minimum atomic E-state index is -0.00940. The van der Waals surface area contributed by atoms with Crippen molar-refractivity contribution in [3.05, 3.63) is 47.5 Å². The van der Waals surface area contributed by atoms with Crippen LogP contribution in [0.15, 0.2) is 30.9 Å². The van der Waals surface area contributed by atoms with Gasteiger partial charge < -0.3 is 4.90 Å². The number of fused-ring (bicyclic) bond motifs is 1. The van der Waals surface area contributed by atoms with Crippen molar-refractivity contribution in [1.29, 1.82) is 0 Å². The Kier molecular flexibility index (Phi) is 2.86. The molecule has 0 unspecified atom stereocenters. The van der Waals surface area contributed by atoms with Gasteiger partial charge in [-0.2, -0.15) is 0 Å². The van der Waals surface area contributed by atoms with Crippen LogP contribution in [-0.2, 0) is 6.42 Å². The Morgan fingerprint density at radius 1 is 1.44 bits per heavy atom. The number of carbonyl (C=O) groups excluding carboxylic acids is 2. The summed E-state index contributed by atoms with van der Waals surface area (Å²) in [6.07, 6.45) is 3.32. The second kappa shape index (κ2) is 4.31. The highest BCUT2D eigenvalue weighted by molar-refractivity contribution is 5.98. The fourth-order valence-corrected chi connectivity index (χ4v) is 1.94. The molecule has 1 aromatic carbocycles. The quantitative estimate of drug-likeness (QED) is 0.568. The van der Waals surface area contributed by atoms with Gasteiger partial charge in [-0.05, 0) is 18.1 Å². The van der Waals surface area contributed by atoms with Crippen molar-refractivity contribution in [1.82, 2.24) is 4.90 Å². The molecule has 1 heterocycles. The topological polar surface area (TPSA) is 37.4 Å². The van der Waals surface area contributed by atoms with Crippen LogP contribution in [0, 0.1) is 0 Å². The number of amides is 1. The van der Waals surface area contributed by atoms with E-state index in [1.54, 1.807) is 23.1 Å². The van der Waals surface area contributed by atoms with Crippen molar-refractivity contribution in [2.45, 2.75) is 6.42 Å². The van der Waals surface area contributed by atoms with E-state index in [2.05, 4.69) is 6.58 Å². The van der Waals surface area contributed by atoms with Crippen LogP contribution in [0.5, 0.6) is 0 Å². The van der Waals surface area contributed by atoms with Gasteiger partial charge in [-0.15, -0.1) is 6.58 Å². The van der Waals surface area contributed by atoms with Crippen molar-refractivity contribution in [2.75, 3.05) is 13.1 Å². The van der Waals surface area contributed by atoms with Crippen molar-refractivity contribution in [2.24, 2.45) is 0 Å². The summed E-state index contributed by atoms with van der Waals surface area (Å²) in [5, 5.41) is 0. The van der Waals surface area contributed by atoms with Gasteiger partial charge in [0.2, 0.25) is 0 Å². The molecule has 0 aromatic heterocycles. The fourth-order valence-electron chi connectivity index (χ4n) is 1.94. The number of nitrogens with zero attached hydrogens (tertiary/aromatic N) is 1. The predicted octanol–water partition coefficient (Wildman–Crippen LogP) is 1.68. The summed E-state index contributed by atoms with van der Waals surface area (Å²) < 4.78 is 0. The fraction of sp³-hybridized carbons (Fsp3) is 0.231. The average Bonchev–Trinajstić information content (AvgIpc) is 2.33. The summed E-state index contributed by atoms with van der Waals surface area (Å²) in [5.74, 6) is -0.00940. The number of hydrogen-bond donors (Lipinski definition) is 0. The monoisotopic (exact) mass is 215 g/mol. The maximum atomic E-state index is 12.0. The standard InChI is InChI=1S/C13H13NO2/c1-2-6-14-7-5-11-4-3-10(9-15)8-12(11)13(14)16/h2-4,8-9H,1,5-7H2. The van der Waals surface area contributed by atoms with Crippen molar-refractivity contribution >= 4 is 12.2 Å². The number of aldehydes is 1. The van der Waals surface area contributed by atoms with Gasteiger partial charge >= 0.3 is 0 Å². The molecule has 0 N–H and O–H groups in total. The Hall–Kier alpha value is -1.90. The van der Waals surface area contributed by atoms with Crippen LogP contribution in [0.1, 0.15) is 26.3 Å². The molecule has 0 radical (unpaired) electrons. The lowest BCUT2D eigenvalue weighted by atomic mass is 9.97. The first-order valence-electron chi connectivity index (χ1n) is 5.24. The Labute approximate surface area is 94.4 Å². The molecule has 1 aliphatic rings. The lowest BCUT2D eigenvalue weighted by molar-refractivity contribution is 0.0759. The van der Waals surface area contributed by atoms with Gasteiger partial charge in [0.25, 0.3) is 5.91 Å². The summed E-state index contributed by atoms with van der Waals surface area (Å²) in [5.41, 5.74) is 2.22.